The number of carboxylic acids is 1. The molecule has 2 N–H and O–H groups in total. The van der Waals surface area contributed by atoms with Gasteiger partial charge >= 0.3 is 5.97 Å². The van der Waals surface area contributed by atoms with Gasteiger partial charge in [-0.25, -0.2) is 9.97 Å². The maximum absolute atomic E-state index is 12.4. The Hall–Kier alpha value is -2.02. The minimum atomic E-state index is -0.861. The molecular weight excluding hydrogens is 404 g/mol. The standard InChI is InChI=1S/C25H38N4O3/c1-16-27-21(17-6-4-5-7-17)11-22(28-16)20-15-29-9-8-18(20)10-19(29)14-26-23(30)12-25(2,3)13-24(31)32/h11,17-20H,4-10,12-15H2,1-3H3,(H,26,30)(H,31,32). The Labute approximate surface area is 191 Å². The number of amides is 1. The molecule has 4 atom stereocenters. The van der Waals surface area contributed by atoms with Crippen LogP contribution in [0.4, 0.5) is 0 Å². The van der Waals surface area contributed by atoms with Gasteiger partial charge in [0.25, 0.3) is 0 Å². The molecule has 3 aliphatic heterocycles. The average Bonchev–Trinajstić information content (AvgIpc) is 3.26. The normalized spacial score (nSPS) is 28.1. The van der Waals surface area contributed by atoms with Crippen LogP contribution in [-0.4, -0.2) is 57.5 Å². The number of piperidine rings is 3. The SMILES string of the molecule is Cc1nc(C2CCCC2)cc(C2CN3CCC2CC3CNC(=O)CC(C)(C)CC(=O)O)n1. The van der Waals surface area contributed by atoms with Gasteiger partial charge in [-0.15, -0.1) is 0 Å². The Balaban J connectivity index is 1.35. The molecule has 4 fully saturated rings. The Morgan fingerprint density at radius 3 is 2.53 bits per heavy atom. The minimum Gasteiger partial charge on any atom is -0.481 e. The zero-order valence-corrected chi connectivity index (χ0v) is 19.8. The van der Waals surface area contributed by atoms with Gasteiger partial charge in [0.1, 0.15) is 5.82 Å². The van der Waals surface area contributed by atoms with E-state index in [1.165, 1.54) is 43.5 Å². The van der Waals surface area contributed by atoms with Gasteiger partial charge in [-0.05, 0) is 56.6 Å². The fraction of sp³-hybridized carbons (Fsp3) is 0.760. The number of carbonyl (C=O) groups is 2. The van der Waals surface area contributed by atoms with E-state index in [0.29, 0.717) is 30.3 Å². The number of carboxylic acid groups (broad SMARTS) is 1. The van der Waals surface area contributed by atoms with Gasteiger partial charge in [-0.3, -0.25) is 14.5 Å². The monoisotopic (exact) mass is 442 g/mol. The molecule has 32 heavy (non-hydrogen) atoms. The molecule has 1 amide bonds. The van der Waals surface area contributed by atoms with Crippen molar-refractivity contribution in [1.29, 1.82) is 0 Å². The summed E-state index contributed by atoms with van der Waals surface area (Å²) in [6.07, 6.45) is 7.62. The highest BCUT2D eigenvalue weighted by Gasteiger charge is 2.41. The number of aromatic nitrogens is 2. The van der Waals surface area contributed by atoms with Gasteiger partial charge in [0, 0.05) is 48.8 Å². The second kappa shape index (κ2) is 9.46. The molecule has 0 aromatic carbocycles. The van der Waals surface area contributed by atoms with Crippen LogP contribution in [0.3, 0.4) is 0 Å². The van der Waals surface area contributed by atoms with Crippen LogP contribution in [0.1, 0.15) is 94.3 Å². The number of fused-ring (bicyclic) bond motifs is 3. The van der Waals surface area contributed by atoms with Crippen molar-refractivity contribution in [3.8, 4) is 0 Å². The smallest absolute Gasteiger partial charge is 0.303 e. The lowest BCUT2D eigenvalue weighted by Gasteiger charge is -2.49. The lowest BCUT2D eigenvalue weighted by molar-refractivity contribution is -0.139. The van der Waals surface area contributed by atoms with Crippen molar-refractivity contribution in [1.82, 2.24) is 20.2 Å². The fourth-order valence-electron chi connectivity index (χ4n) is 6.12. The number of rotatable bonds is 8. The number of nitrogens with zero attached hydrogens (tertiary/aromatic N) is 3. The highest BCUT2D eigenvalue weighted by Crippen LogP contribution is 2.42. The van der Waals surface area contributed by atoms with Gasteiger partial charge < -0.3 is 10.4 Å². The zero-order chi connectivity index (χ0) is 22.9. The molecule has 3 saturated heterocycles. The molecule has 1 aromatic heterocycles. The minimum absolute atomic E-state index is 0.000915. The Morgan fingerprint density at radius 1 is 1.16 bits per heavy atom. The summed E-state index contributed by atoms with van der Waals surface area (Å²) in [6, 6.07) is 2.64. The molecule has 4 unspecified atom stereocenters. The third-order valence-corrected chi connectivity index (χ3v) is 7.71. The van der Waals surface area contributed by atoms with Crippen LogP contribution < -0.4 is 5.32 Å². The summed E-state index contributed by atoms with van der Waals surface area (Å²) in [4.78, 5) is 35.6. The van der Waals surface area contributed by atoms with Crippen LogP contribution in [0.15, 0.2) is 6.07 Å². The van der Waals surface area contributed by atoms with Crippen molar-refractivity contribution in [2.45, 2.75) is 90.0 Å². The van der Waals surface area contributed by atoms with Gasteiger partial charge in [-0.2, -0.15) is 0 Å². The number of hydrogen-bond acceptors (Lipinski definition) is 5. The van der Waals surface area contributed by atoms with E-state index in [-0.39, 0.29) is 18.7 Å². The Bertz CT molecular complexity index is 850. The molecular formula is C25H38N4O3. The maximum atomic E-state index is 12.4. The van der Waals surface area contributed by atoms with Crippen molar-refractivity contribution < 1.29 is 14.7 Å². The molecule has 7 heteroatoms. The molecule has 0 radical (unpaired) electrons. The average molecular weight is 443 g/mol. The predicted molar refractivity (Wildman–Crippen MR) is 122 cm³/mol. The third-order valence-electron chi connectivity index (χ3n) is 7.71. The number of aryl methyl sites for hydroxylation is 1. The first-order valence-corrected chi connectivity index (χ1v) is 12.3. The van der Waals surface area contributed by atoms with E-state index >= 15 is 0 Å². The van der Waals surface area contributed by atoms with Gasteiger partial charge in [0.2, 0.25) is 5.91 Å². The maximum Gasteiger partial charge on any atom is 0.303 e. The van der Waals surface area contributed by atoms with E-state index in [1.807, 2.05) is 20.8 Å². The van der Waals surface area contributed by atoms with Crippen molar-refractivity contribution in [2.75, 3.05) is 19.6 Å². The summed E-state index contributed by atoms with van der Waals surface area (Å²) in [5.74, 6) is 1.63. The summed E-state index contributed by atoms with van der Waals surface area (Å²) in [6.45, 7) is 8.40. The number of aliphatic carboxylic acids is 1. The summed E-state index contributed by atoms with van der Waals surface area (Å²) in [7, 11) is 0. The molecule has 0 spiro atoms. The van der Waals surface area contributed by atoms with Crippen LogP contribution in [0.5, 0.6) is 0 Å². The van der Waals surface area contributed by atoms with E-state index in [9.17, 15) is 9.59 Å². The van der Waals surface area contributed by atoms with Crippen LogP contribution in [0, 0.1) is 18.3 Å². The van der Waals surface area contributed by atoms with Crippen molar-refractivity contribution in [3.05, 3.63) is 23.3 Å². The summed E-state index contributed by atoms with van der Waals surface area (Å²) < 4.78 is 0. The van der Waals surface area contributed by atoms with E-state index in [2.05, 4.69) is 16.3 Å². The molecule has 176 valence electrons. The number of nitrogens with one attached hydrogen (secondary N) is 1. The van der Waals surface area contributed by atoms with Crippen molar-refractivity contribution in [3.63, 3.8) is 0 Å². The topological polar surface area (TPSA) is 95.4 Å². The number of carbonyl (C=O) groups excluding carboxylic acids is 1. The molecule has 1 saturated carbocycles. The Morgan fingerprint density at radius 2 is 1.88 bits per heavy atom. The van der Waals surface area contributed by atoms with Crippen molar-refractivity contribution >= 4 is 11.9 Å². The lowest BCUT2D eigenvalue weighted by atomic mass is 9.74. The van der Waals surface area contributed by atoms with Gasteiger partial charge in [-0.1, -0.05) is 26.7 Å². The first-order valence-electron chi connectivity index (χ1n) is 12.3. The molecule has 4 heterocycles. The first-order chi connectivity index (χ1) is 15.2. The second-order valence-electron chi connectivity index (χ2n) is 11.0. The van der Waals surface area contributed by atoms with Crippen LogP contribution in [0.2, 0.25) is 0 Å². The first kappa shape index (κ1) is 23.1. The zero-order valence-electron chi connectivity index (χ0n) is 19.8. The Kier molecular flexibility index (Phi) is 6.84. The van der Waals surface area contributed by atoms with E-state index < -0.39 is 11.4 Å². The van der Waals surface area contributed by atoms with Gasteiger partial charge in [0.05, 0.1) is 6.42 Å². The van der Waals surface area contributed by atoms with E-state index in [0.717, 1.165) is 25.3 Å². The van der Waals surface area contributed by atoms with Gasteiger partial charge in [0.15, 0.2) is 0 Å². The fourth-order valence-corrected chi connectivity index (χ4v) is 6.12. The summed E-state index contributed by atoms with van der Waals surface area (Å²) >= 11 is 0. The third kappa shape index (κ3) is 5.48. The molecule has 1 aliphatic carbocycles. The van der Waals surface area contributed by atoms with E-state index in [4.69, 9.17) is 15.1 Å². The highest BCUT2D eigenvalue weighted by molar-refractivity contribution is 5.77. The largest absolute Gasteiger partial charge is 0.481 e. The van der Waals surface area contributed by atoms with Crippen molar-refractivity contribution in [2.24, 2.45) is 11.3 Å². The highest BCUT2D eigenvalue weighted by atomic mass is 16.4. The predicted octanol–water partition coefficient (Wildman–Crippen LogP) is 3.63. The quantitative estimate of drug-likeness (QED) is 0.638. The van der Waals surface area contributed by atoms with Crippen LogP contribution in [-0.2, 0) is 9.59 Å². The lowest BCUT2D eigenvalue weighted by Crippen LogP contribution is -2.56. The van der Waals surface area contributed by atoms with E-state index in [1.54, 1.807) is 0 Å². The molecule has 4 aliphatic rings. The van der Waals surface area contributed by atoms with Crippen LogP contribution >= 0.6 is 0 Å². The second-order valence-corrected chi connectivity index (χ2v) is 11.0. The summed E-state index contributed by atoms with van der Waals surface area (Å²) in [5.41, 5.74) is 1.93. The molecule has 5 rings (SSSR count). The molecule has 7 nitrogen and oxygen atoms in total. The van der Waals surface area contributed by atoms with Crippen LogP contribution in [0.25, 0.3) is 0 Å². The molecule has 2 bridgehead atoms. The summed E-state index contributed by atoms with van der Waals surface area (Å²) in [5, 5.41) is 12.1. The molecule has 1 aromatic rings. The number of hydrogen-bond donors (Lipinski definition) is 2.